The minimum Gasteiger partial charge on any atom is -0.495 e. The zero-order valence-electron chi connectivity index (χ0n) is 20.8. The number of fused-ring (bicyclic) bond motifs is 3. The lowest BCUT2D eigenvalue weighted by molar-refractivity contribution is -0.115. The number of thioether (sulfide) groups is 1. The lowest BCUT2D eigenvalue weighted by Crippen LogP contribution is -2.23. The Morgan fingerprint density at radius 1 is 1.05 bits per heavy atom. The highest BCUT2D eigenvalue weighted by Gasteiger charge is 2.27. The van der Waals surface area contributed by atoms with Gasteiger partial charge < -0.3 is 10.1 Å². The van der Waals surface area contributed by atoms with Crippen LogP contribution < -0.4 is 15.6 Å². The Bertz CT molecular complexity index is 1650. The maximum atomic E-state index is 13.7. The number of methoxy groups -OCH3 is 1. The molecule has 5 aromatic rings. The molecule has 1 amide bonds. The van der Waals surface area contributed by atoms with Gasteiger partial charge in [-0.2, -0.15) is 0 Å². The van der Waals surface area contributed by atoms with Crippen LogP contribution in [0, 0.1) is 6.92 Å². The number of rotatable bonds is 8. The molecule has 2 heterocycles. The lowest BCUT2D eigenvalue weighted by Gasteiger charge is -2.18. The molecule has 0 saturated heterocycles. The van der Waals surface area contributed by atoms with Crippen LogP contribution in [0.1, 0.15) is 29.7 Å². The molecule has 5 rings (SSSR count). The van der Waals surface area contributed by atoms with Crippen LogP contribution in [-0.2, 0) is 11.3 Å². The van der Waals surface area contributed by atoms with Gasteiger partial charge in [-0.3, -0.25) is 18.6 Å². The molecule has 2 aromatic heterocycles. The third-order valence-corrected chi connectivity index (χ3v) is 7.30. The number of ether oxygens (including phenoxy) is 1. The highest BCUT2D eigenvalue weighted by Crippen LogP contribution is 2.37. The largest absolute Gasteiger partial charge is 0.495 e. The van der Waals surface area contributed by atoms with E-state index in [-0.39, 0.29) is 11.5 Å². The molecule has 37 heavy (non-hydrogen) atoms. The van der Waals surface area contributed by atoms with Gasteiger partial charge >= 0.3 is 0 Å². The topological polar surface area (TPSA) is 90.5 Å². The first-order chi connectivity index (χ1) is 18.0. The van der Waals surface area contributed by atoms with Crippen molar-refractivity contribution < 1.29 is 9.53 Å². The highest BCUT2D eigenvalue weighted by molar-refractivity contribution is 8.00. The van der Waals surface area contributed by atoms with Crippen LogP contribution in [0.3, 0.4) is 0 Å². The fourth-order valence-corrected chi connectivity index (χ4v) is 5.40. The molecular weight excluding hydrogens is 486 g/mol. The Balaban J connectivity index is 1.62. The number of aryl methyl sites for hydroxylation is 2. The summed E-state index contributed by atoms with van der Waals surface area (Å²) in [6, 6.07) is 22.6. The van der Waals surface area contributed by atoms with Crippen molar-refractivity contribution in [1.82, 2.24) is 19.2 Å². The van der Waals surface area contributed by atoms with Gasteiger partial charge in [0, 0.05) is 6.54 Å². The predicted molar refractivity (Wildman–Crippen MR) is 146 cm³/mol. The zero-order chi connectivity index (χ0) is 25.9. The minimum atomic E-state index is -0.635. The number of carbonyl (C=O) groups is 1. The fourth-order valence-electron chi connectivity index (χ4n) is 4.36. The summed E-state index contributed by atoms with van der Waals surface area (Å²) >= 11 is 1.29. The summed E-state index contributed by atoms with van der Waals surface area (Å²) < 4.78 is 8.98. The number of anilines is 1. The van der Waals surface area contributed by atoms with E-state index in [1.54, 1.807) is 11.7 Å². The summed E-state index contributed by atoms with van der Waals surface area (Å²) in [5, 5.41) is 12.3. The van der Waals surface area contributed by atoms with Crippen molar-refractivity contribution >= 4 is 40.0 Å². The molecule has 188 valence electrons. The Morgan fingerprint density at radius 3 is 2.57 bits per heavy atom. The van der Waals surface area contributed by atoms with E-state index < -0.39 is 5.25 Å². The number of nitrogens with one attached hydrogen (secondary N) is 1. The number of carbonyl (C=O) groups excluding carboxylic acids is 1. The number of amides is 1. The molecule has 9 heteroatoms. The fraction of sp³-hybridized carbons (Fsp3) is 0.214. The van der Waals surface area contributed by atoms with Crippen LogP contribution in [0.4, 0.5) is 5.69 Å². The molecule has 0 aliphatic carbocycles. The molecule has 1 unspecified atom stereocenters. The third-order valence-electron chi connectivity index (χ3n) is 6.10. The zero-order valence-corrected chi connectivity index (χ0v) is 21.7. The van der Waals surface area contributed by atoms with Crippen molar-refractivity contribution in [3.05, 3.63) is 94.3 Å². The molecule has 0 saturated carbocycles. The van der Waals surface area contributed by atoms with Gasteiger partial charge in [0.2, 0.25) is 11.7 Å². The first-order valence-electron chi connectivity index (χ1n) is 12.1. The highest BCUT2D eigenvalue weighted by atomic mass is 32.2. The minimum absolute atomic E-state index is 0.0993. The maximum Gasteiger partial charge on any atom is 0.262 e. The molecule has 0 bridgehead atoms. The molecule has 1 atom stereocenters. The van der Waals surface area contributed by atoms with Crippen LogP contribution in [-0.4, -0.2) is 32.2 Å². The normalized spacial score (nSPS) is 12.1. The summed E-state index contributed by atoms with van der Waals surface area (Å²) in [6.45, 7) is 4.49. The standard InChI is InChI=1S/C28H27N5O3S/c1-4-16-32-26(35)20-12-8-9-13-22(20)33-27(32)30-31-28(33)37-24(19-10-6-5-7-11-19)25(34)29-21-17-18(2)14-15-23(21)36-3/h5-15,17,24H,4,16H2,1-3H3,(H,29,34). The van der Waals surface area contributed by atoms with Gasteiger partial charge in [0.25, 0.3) is 5.56 Å². The van der Waals surface area contributed by atoms with E-state index in [1.807, 2.05) is 91.0 Å². The molecule has 0 fully saturated rings. The quantitative estimate of drug-likeness (QED) is 0.285. The van der Waals surface area contributed by atoms with E-state index in [0.717, 1.165) is 17.5 Å². The second kappa shape index (κ2) is 10.5. The smallest absolute Gasteiger partial charge is 0.262 e. The van der Waals surface area contributed by atoms with Crippen molar-refractivity contribution in [2.75, 3.05) is 12.4 Å². The number of nitrogens with zero attached hydrogens (tertiary/aromatic N) is 4. The lowest BCUT2D eigenvalue weighted by atomic mass is 10.1. The molecule has 3 aromatic carbocycles. The van der Waals surface area contributed by atoms with E-state index in [1.165, 1.54) is 11.8 Å². The van der Waals surface area contributed by atoms with Crippen LogP contribution in [0.5, 0.6) is 5.75 Å². The van der Waals surface area contributed by atoms with Crippen molar-refractivity contribution in [1.29, 1.82) is 0 Å². The summed E-state index contributed by atoms with van der Waals surface area (Å²) in [6.07, 6.45) is 0.774. The summed E-state index contributed by atoms with van der Waals surface area (Å²) in [4.78, 5) is 26.9. The first kappa shape index (κ1) is 24.6. The Hall–Kier alpha value is -4.11. The van der Waals surface area contributed by atoms with E-state index in [9.17, 15) is 9.59 Å². The Labute approximate surface area is 218 Å². The van der Waals surface area contributed by atoms with Crippen LogP contribution in [0.15, 0.2) is 82.7 Å². The number of aromatic nitrogens is 4. The SMILES string of the molecule is CCCn1c(=O)c2ccccc2n2c(SC(C(=O)Nc3cc(C)ccc3OC)c3ccccc3)nnc12. The molecule has 8 nitrogen and oxygen atoms in total. The average Bonchev–Trinajstić information content (AvgIpc) is 3.34. The Morgan fingerprint density at radius 2 is 1.81 bits per heavy atom. The third kappa shape index (κ3) is 4.70. The van der Waals surface area contributed by atoms with Crippen LogP contribution in [0.2, 0.25) is 0 Å². The average molecular weight is 514 g/mol. The predicted octanol–water partition coefficient (Wildman–Crippen LogP) is 5.24. The van der Waals surface area contributed by atoms with Crippen molar-refractivity contribution in [2.45, 2.75) is 37.2 Å². The molecule has 0 spiro atoms. The van der Waals surface area contributed by atoms with E-state index in [4.69, 9.17) is 4.74 Å². The Kier molecular flexibility index (Phi) is 6.96. The summed E-state index contributed by atoms with van der Waals surface area (Å²) in [7, 11) is 1.58. The number of benzene rings is 3. The monoisotopic (exact) mass is 513 g/mol. The number of hydrogen-bond acceptors (Lipinski definition) is 6. The molecule has 0 aliphatic rings. The maximum absolute atomic E-state index is 13.7. The first-order valence-corrected chi connectivity index (χ1v) is 12.9. The second-order valence-corrected chi connectivity index (χ2v) is 9.77. The number of para-hydroxylation sites is 1. The molecule has 1 N–H and O–H groups in total. The van der Waals surface area contributed by atoms with Gasteiger partial charge in [-0.1, -0.05) is 67.2 Å². The molecule has 0 radical (unpaired) electrons. The van der Waals surface area contributed by atoms with Gasteiger partial charge in [-0.05, 0) is 48.7 Å². The van der Waals surface area contributed by atoms with Gasteiger partial charge in [0.15, 0.2) is 5.16 Å². The summed E-state index contributed by atoms with van der Waals surface area (Å²) in [5.74, 6) is 0.821. The second-order valence-electron chi connectivity index (χ2n) is 8.69. The summed E-state index contributed by atoms with van der Waals surface area (Å²) in [5.41, 5.74) is 3.03. The van der Waals surface area contributed by atoms with E-state index in [2.05, 4.69) is 15.5 Å². The van der Waals surface area contributed by atoms with Gasteiger partial charge in [0.05, 0.1) is 23.7 Å². The van der Waals surface area contributed by atoms with Crippen LogP contribution >= 0.6 is 11.8 Å². The van der Waals surface area contributed by atoms with Crippen LogP contribution in [0.25, 0.3) is 16.7 Å². The van der Waals surface area contributed by atoms with Crippen molar-refractivity contribution in [3.63, 3.8) is 0 Å². The molecular formula is C28H27N5O3S. The van der Waals surface area contributed by atoms with Gasteiger partial charge in [-0.15, -0.1) is 10.2 Å². The van der Waals surface area contributed by atoms with Gasteiger partial charge in [-0.25, -0.2) is 0 Å². The van der Waals surface area contributed by atoms with E-state index >= 15 is 0 Å². The van der Waals surface area contributed by atoms with Gasteiger partial charge in [0.1, 0.15) is 11.0 Å². The number of hydrogen-bond donors (Lipinski definition) is 1. The molecule has 0 aliphatic heterocycles. The van der Waals surface area contributed by atoms with E-state index in [0.29, 0.717) is 39.8 Å². The van der Waals surface area contributed by atoms with Crippen molar-refractivity contribution in [2.24, 2.45) is 0 Å². The van der Waals surface area contributed by atoms with Crippen molar-refractivity contribution in [3.8, 4) is 5.75 Å².